The van der Waals surface area contributed by atoms with E-state index in [1.807, 2.05) is 18.2 Å². The molecule has 0 amide bonds. The molecule has 6 heteroatoms. The first kappa shape index (κ1) is 14.1. The third-order valence-corrected chi connectivity index (χ3v) is 4.35. The van der Waals surface area contributed by atoms with Crippen LogP contribution in [0.25, 0.3) is 16.9 Å². The van der Waals surface area contributed by atoms with Crippen molar-refractivity contribution in [2.45, 2.75) is 18.8 Å². The number of rotatable bonds is 2. The summed E-state index contributed by atoms with van der Waals surface area (Å²) in [5.41, 5.74) is 9.27. The fourth-order valence-electron chi connectivity index (χ4n) is 3.13. The lowest BCUT2D eigenvalue weighted by atomic mass is 9.94. The van der Waals surface area contributed by atoms with Gasteiger partial charge in [-0.1, -0.05) is 12.1 Å². The van der Waals surface area contributed by atoms with Gasteiger partial charge in [0, 0.05) is 29.3 Å². The number of nitrogens with one attached hydrogen (secondary N) is 1. The Hall–Kier alpha value is -2.47. The minimum atomic E-state index is -0.282. The smallest absolute Gasteiger partial charge is 0.158 e. The second kappa shape index (κ2) is 5.62. The maximum Gasteiger partial charge on any atom is 0.158 e. The molecular weight excluding hydrogens is 293 g/mol. The van der Waals surface area contributed by atoms with Crippen LogP contribution < -0.4 is 11.1 Å². The topological polar surface area (TPSA) is 68.2 Å². The summed E-state index contributed by atoms with van der Waals surface area (Å²) in [5.74, 6) is 0.707. The molecule has 1 fully saturated rings. The molecular formula is C17H18FN5. The van der Waals surface area contributed by atoms with E-state index in [9.17, 15) is 4.39 Å². The highest BCUT2D eigenvalue weighted by molar-refractivity contribution is 5.65. The summed E-state index contributed by atoms with van der Waals surface area (Å²) in [5, 5.41) is 7.82. The highest BCUT2D eigenvalue weighted by Gasteiger charge is 2.19. The lowest BCUT2D eigenvalue weighted by molar-refractivity contribution is 0.453. The number of hydrogen-bond acceptors (Lipinski definition) is 4. The summed E-state index contributed by atoms with van der Waals surface area (Å²) in [6.07, 6.45) is 2.13. The number of anilines is 1. The number of halogens is 1. The third-order valence-electron chi connectivity index (χ3n) is 4.35. The van der Waals surface area contributed by atoms with Crippen molar-refractivity contribution in [2.24, 2.45) is 0 Å². The molecule has 118 valence electrons. The normalized spacial score (nSPS) is 16.0. The number of hydrogen-bond donors (Lipinski definition) is 2. The van der Waals surface area contributed by atoms with Crippen molar-refractivity contribution < 1.29 is 4.39 Å². The standard InChI is InChI=1S/C17H18FN5/c18-13-3-1-2-12(8-13)15-10-17-21-14(9-16(19)23(17)22-15)11-4-6-20-7-5-11/h1-3,8-11,20H,4-7,19H2. The van der Waals surface area contributed by atoms with Gasteiger partial charge < -0.3 is 11.1 Å². The molecule has 23 heavy (non-hydrogen) atoms. The van der Waals surface area contributed by atoms with Crippen LogP contribution in [0, 0.1) is 5.82 Å². The summed E-state index contributed by atoms with van der Waals surface area (Å²) in [6, 6.07) is 10.1. The largest absolute Gasteiger partial charge is 0.384 e. The fraction of sp³-hybridized carbons (Fsp3) is 0.294. The Labute approximate surface area is 133 Å². The molecule has 0 bridgehead atoms. The zero-order valence-corrected chi connectivity index (χ0v) is 12.7. The molecule has 0 saturated carbocycles. The minimum absolute atomic E-state index is 0.282. The van der Waals surface area contributed by atoms with Crippen LogP contribution in [-0.4, -0.2) is 27.7 Å². The predicted molar refractivity (Wildman–Crippen MR) is 87.6 cm³/mol. The molecule has 5 nitrogen and oxygen atoms in total. The van der Waals surface area contributed by atoms with Crippen LogP contribution in [0.1, 0.15) is 24.5 Å². The highest BCUT2D eigenvalue weighted by Crippen LogP contribution is 2.27. The molecule has 1 aliphatic rings. The monoisotopic (exact) mass is 311 g/mol. The van der Waals surface area contributed by atoms with Crippen LogP contribution in [0.2, 0.25) is 0 Å². The van der Waals surface area contributed by atoms with Crippen molar-refractivity contribution in [3.8, 4) is 11.3 Å². The summed E-state index contributed by atoms with van der Waals surface area (Å²) in [4.78, 5) is 4.73. The van der Waals surface area contributed by atoms with Crippen LogP contribution in [-0.2, 0) is 0 Å². The number of piperidine rings is 1. The fourth-order valence-corrected chi connectivity index (χ4v) is 3.13. The summed E-state index contributed by atoms with van der Waals surface area (Å²) >= 11 is 0. The molecule has 1 saturated heterocycles. The van der Waals surface area contributed by atoms with Crippen molar-refractivity contribution >= 4 is 11.5 Å². The van der Waals surface area contributed by atoms with E-state index in [1.165, 1.54) is 12.1 Å². The number of fused-ring (bicyclic) bond motifs is 1. The maximum atomic E-state index is 13.4. The Kier molecular flexibility index (Phi) is 3.46. The van der Waals surface area contributed by atoms with E-state index < -0.39 is 0 Å². The molecule has 0 radical (unpaired) electrons. The first-order valence-corrected chi connectivity index (χ1v) is 7.83. The molecule has 0 aliphatic carbocycles. The van der Waals surface area contributed by atoms with E-state index in [0.29, 0.717) is 23.1 Å². The van der Waals surface area contributed by atoms with Gasteiger partial charge in [0.1, 0.15) is 11.6 Å². The number of nitrogens with zero attached hydrogens (tertiary/aromatic N) is 3. The van der Waals surface area contributed by atoms with Crippen LogP contribution in [0.15, 0.2) is 36.4 Å². The van der Waals surface area contributed by atoms with Gasteiger partial charge in [0.25, 0.3) is 0 Å². The van der Waals surface area contributed by atoms with Crippen molar-refractivity contribution in [3.63, 3.8) is 0 Å². The number of aromatic nitrogens is 3. The van der Waals surface area contributed by atoms with Gasteiger partial charge in [-0.05, 0) is 38.1 Å². The van der Waals surface area contributed by atoms with Gasteiger partial charge >= 0.3 is 0 Å². The first-order valence-electron chi connectivity index (χ1n) is 7.83. The molecule has 3 heterocycles. The van der Waals surface area contributed by atoms with Gasteiger partial charge in [0.05, 0.1) is 5.69 Å². The van der Waals surface area contributed by atoms with E-state index in [1.54, 1.807) is 10.6 Å². The molecule has 0 spiro atoms. The minimum Gasteiger partial charge on any atom is -0.384 e. The summed E-state index contributed by atoms with van der Waals surface area (Å²) in [7, 11) is 0. The first-order chi connectivity index (χ1) is 11.2. The van der Waals surface area contributed by atoms with Crippen molar-refractivity contribution in [3.05, 3.63) is 47.9 Å². The molecule has 2 aromatic heterocycles. The van der Waals surface area contributed by atoms with E-state index in [0.717, 1.165) is 37.2 Å². The summed E-state index contributed by atoms with van der Waals surface area (Å²) < 4.78 is 15.0. The molecule has 1 aromatic carbocycles. The molecule has 3 N–H and O–H groups in total. The average molecular weight is 311 g/mol. The van der Waals surface area contributed by atoms with Gasteiger partial charge in [-0.15, -0.1) is 0 Å². The average Bonchev–Trinajstić information content (AvgIpc) is 3.00. The van der Waals surface area contributed by atoms with E-state index in [2.05, 4.69) is 10.4 Å². The van der Waals surface area contributed by atoms with Crippen LogP contribution in [0.4, 0.5) is 10.2 Å². The highest BCUT2D eigenvalue weighted by atomic mass is 19.1. The molecule has 0 atom stereocenters. The molecule has 0 unspecified atom stereocenters. The molecule has 1 aliphatic heterocycles. The zero-order chi connectivity index (χ0) is 15.8. The Morgan fingerprint density at radius 2 is 2.00 bits per heavy atom. The number of benzene rings is 1. The SMILES string of the molecule is Nc1cc(C2CCNCC2)nc2cc(-c3cccc(F)c3)nn12. The molecule has 3 aromatic rings. The maximum absolute atomic E-state index is 13.4. The Balaban J connectivity index is 1.77. The van der Waals surface area contributed by atoms with Gasteiger partial charge in [-0.3, -0.25) is 0 Å². The van der Waals surface area contributed by atoms with Crippen LogP contribution >= 0.6 is 0 Å². The van der Waals surface area contributed by atoms with E-state index >= 15 is 0 Å². The lowest BCUT2D eigenvalue weighted by Crippen LogP contribution is -2.27. The Morgan fingerprint density at radius 3 is 2.78 bits per heavy atom. The van der Waals surface area contributed by atoms with E-state index in [-0.39, 0.29) is 5.82 Å². The van der Waals surface area contributed by atoms with Crippen LogP contribution in [0.5, 0.6) is 0 Å². The zero-order valence-electron chi connectivity index (χ0n) is 12.7. The molecule has 4 rings (SSSR count). The van der Waals surface area contributed by atoms with Crippen molar-refractivity contribution in [1.82, 2.24) is 19.9 Å². The Bertz CT molecular complexity index is 851. The Morgan fingerprint density at radius 1 is 1.17 bits per heavy atom. The van der Waals surface area contributed by atoms with Crippen molar-refractivity contribution in [1.29, 1.82) is 0 Å². The van der Waals surface area contributed by atoms with Gasteiger partial charge in [-0.25, -0.2) is 9.37 Å². The lowest BCUT2D eigenvalue weighted by Gasteiger charge is -2.22. The summed E-state index contributed by atoms with van der Waals surface area (Å²) in [6.45, 7) is 2.01. The second-order valence-corrected chi connectivity index (χ2v) is 5.94. The number of nitrogens with two attached hydrogens (primary N) is 1. The van der Waals surface area contributed by atoms with E-state index in [4.69, 9.17) is 10.7 Å². The second-order valence-electron chi connectivity index (χ2n) is 5.94. The van der Waals surface area contributed by atoms with Gasteiger partial charge in [-0.2, -0.15) is 9.61 Å². The van der Waals surface area contributed by atoms with Gasteiger partial charge in [0.15, 0.2) is 5.65 Å². The van der Waals surface area contributed by atoms with Gasteiger partial charge in [0.2, 0.25) is 0 Å². The quantitative estimate of drug-likeness (QED) is 0.763. The third kappa shape index (κ3) is 2.66. The predicted octanol–water partition coefficient (Wildman–Crippen LogP) is 2.58. The van der Waals surface area contributed by atoms with Crippen LogP contribution in [0.3, 0.4) is 0 Å². The van der Waals surface area contributed by atoms with Crippen molar-refractivity contribution in [2.75, 3.05) is 18.8 Å². The number of nitrogen functional groups attached to an aromatic ring is 1.